The van der Waals surface area contributed by atoms with Gasteiger partial charge in [-0.25, -0.2) is 0 Å². The fraction of sp³-hybridized carbons (Fsp3) is 0.500. The van der Waals surface area contributed by atoms with E-state index in [4.69, 9.17) is 8.37 Å². The van der Waals surface area contributed by atoms with E-state index in [9.17, 15) is 16.8 Å². The van der Waals surface area contributed by atoms with Gasteiger partial charge in [0.1, 0.15) is 0 Å². The van der Waals surface area contributed by atoms with Crippen LogP contribution in [0.25, 0.3) is 0 Å². The first-order valence-corrected chi connectivity index (χ1v) is 8.80. The quantitative estimate of drug-likeness (QED) is 0.734. The lowest BCUT2D eigenvalue weighted by Crippen LogP contribution is -2.14. The molecule has 1 rings (SSSR count). The molecule has 6 nitrogen and oxygen atoms in total. The number of thiophene rings is 1. The Morgan fingerprint density at radius 1 is 0.941 bits per heavy atom. The minimum Gasteiger partial charge on any atom is -0.377 e. The Bertz CT molecular complexity index is 518. The molecular formula is C8H12O6S3. The minimum atomic E-state index is -3.70. The number of hydrogen-bond donors (Lipinski definition) is 0. The van der Waals surface area contributed by atoms with Crippen molar-refractivity contribution in [3.05, 3.63) is 10.8 Å². The molecule has 1 aromatic heterocycles. The lowest BCUT2D eigenvalue weighted by atomic mass is 10.6. The summed E-state index contributed by atoms with van der Waals surface area (Å²) < 4.78 is 54.3. The highest BCUT2D eigenvalue weighted by Crippen LogP contribution is 2.33. The molecule has 0 spiro atoms. The van der Waals surface area contributed by atoms with E-state index < -0.39 is 20.2 Å². The van der Waals surface area contributed by atoms with Crippen LogP contribution in [0.4, 0.5) is 0 Å². The molecule has 0 saturated carbocycles. The molecule has 0 saturated heterocycles. The summed E-state index contributed by atoms with van der Waals surface area (Å²) in [5, 5.41) is 2.74. The molecular weight excluding hydrogens is 288 g/mol. The second kappa shape index (κ2) is 5.23. The van der Waals surface area contributed by atoms with Crippen molar-refractivity contribution in [2.45, 2.75) is 13.8 Å². The molecule has 1 aromatic rings. The highest BCUT2D eigenvalue weighted by molar-refractivity contribution is 7.87. The highest BCUT2D eigenvalue weighted by atomic mass is 32.2. The van der Waals surface area contributed by atoms with Crippen LogP contribution in [-0.2, 0) is 20.2 Å². The van der Waals surface area contributed by atoms with E-state index in [0.717, 1.165) is 11.3 Å². The van der Waals surface area contributed by atoms with Crippen LogP contribution in [-0.4, -0.2) is 28.3 Å². The van der Waals surface area contributed by atoms with Crippen LogP contribution in [0.15, 0.2) is 10.8 Å². The maximum Gasteiger partial charge on any atom is 0.309 e. The highest BCUT2D eigenvalue weighted by Gasteiger charge is 2.19. The van der Waals surface area contributed by atoms with Gasteiger partial charge in [-0.2, -0.15) is 16.8 Å². The Labute approximate surface area is 104 Å². The lowest BCUT2D eigenvalue weighted by Gasteiger charge is -2.07. The van der Waals surface area contributed by atoms with Crippen molar-refractivity contribution in [3.8, 4) is 11.5 Å². The van der Waals surface area contributed by atoms with E-state index in [1.165, 1.54) is 24.6 Å². The molecule has 0 aromatic carbocycles. The summed E-state index contributed by atoms with van der Waals surface area (Å²) in [6.45, 7) is 2.84. The first kappa shape index (κ1) is 14.3. The zero-order chi connectivity index (χ0) is 13.1. The van der Waals surface area contributed by atoms with Crippen molar-refractivity contribution in [1.29, 1.82) is 0 Å². The van der Waals surface area contributed by atoms with E-state index in [0.29, 0.717) is 0 Å². The smallest absolute Gasteiger partial charge is 0.309 e. The molecule has 1 heterocycles. The summed E-state index contributed by atoms with van der Waals surface area (Å²) in [6.07, 6.45) is 0. The van der Waals surface area contributed by atoms with Crippen LogP contribution >= 0.6 is 11.3 Å². The van der Waals surface area contributed by atoms with Crippen molar-refractivity contribution in [2.75, 3.05) is 11.5 Å². The molecule has 98 valence electrons. The van der Waals surface area contributed by atoms with E-state index in [1.807, 2.05) is 0 Å². The Kier molecular flexibility index (Phi) is 4.39. The summed E-state index contributed by atoms with van der Waals surface area (Å²) >= 11 is 1.09. The first-order chi connectivity index (χ1) is 7.79. The van der Waals surface area contributed by atoms with Gasteiger partial charge in [-0.3, -0.25) is 0 Å². The second-order valence-electron chi connectivity index (χ2n) is 2.96. The Morgan fingerprint density at radius 2 is 1.29 bits per heavy atom. The summed E-state index contributed by atoms with van der Waals surface area (Å²) in [5.74, 6) is -0.617. The molecule has 0 amide bonds. The number of hydrogen-bond acceptors (Lipinski definition) is 7. The van der Waals surface area contributed by atoms with Gasteiger partial charge in [-0.1, -0.05) is 0 Å². The first-order valence-electron chi connectivity index (χ1n) is 4.70. The fourth-order valence-electron chi connectivity index (χ4n) is 0.787. The second-order valence-corrected chi connectivity index (χ2v) is 7.42. The third-order valence-corrected chi connectivity index (χ3v) is 4.72. The third kappa shape index (κ3) is 4.17. The van der Waals surface area contributed by atoms with Gasteiger partial charge < -0.3 is 8.37 Å². The standard InChI is InChI=1S/C8H12O6S3/c1-3-16(9,10)13-7-5-15-6-8(7)14-17(11,12)4-2/h5-6H,3-4H2,1-2H3. The van der Waals surface area contributed by atoms with Crippen LogP contribution in [0, 0.1) is 0 Å². The van der Waals surface area contributed by atoms with Gasteiger partial charge in [0.25, 0.3) is 0 Å². The van der Waals surface area contributed by atoms with Crippen molar-refractivity contribution in [2.24, 2.45) is 0 Å². The zero-order valence-corrected chi connectivity index (χ0v) is 11.7. The molecule has 0 aliphatic rings. The Hall–Kier alpha value is -0.800. The number of rotatable bonds is 6. The molecule has 0 atom stereocenters. The molecule has 9 heteroatoms. The average molecular weight is 300 g/mol. The monoisotopic (exact) mass is 300 g/mol. The van der Waals surface area contributed by atoms with Gasteiger partial charge in [0.2, 0.25) is 0 Å². The van der Waals surface area contributed by atoms with Crippen LogP contribution in [0.2, 0.25) is 0 Å². The van der Waals surface area contributed by atoms with Gasteiger partial charge in [0.15, 0.2) is 11.5 Å². The average Bonchev–Trinajstić information content (AvgIpc) is 2.64. The summed E-state index contributed by atoms with van der Waals surface area (Å²) in [7, 11) is -7.39. The predicted octanol–water partition coefficient (Wildman–Crippen LogP) is 1.21. The van der Waals surface area contributed by atoms with Crippen molar-refractivity contribution in [3.63, 3.8) is 0 Å². The largest absolute Gasteiger partial charge is 0.377 e. The van der Waals surface area contributed by atoms with Crippen LogP contribution < -0.4 is 8.37 Å². The van der Waals surface area contributed by atoms with E-state index in [-0.39, 0.29) is 23.0 Å². The SMILES string of the molecule is CCS(=O)(=O)Oc1cscc1OS(=O)(=O)CC. The molecule has 0 bridgehead atoms. The van der Waals surface area contributed by atoms with E-state index in [1.54, 1.807) is 0 Å². The summed E-state index contributed by atoms with van der Waals surface area (Å²) in [5.41, 5.74) is 0. The summed E-state index contributed by atoms with van der Waals surface area (Å²) in [4.78, 5) is 0. The summed E-state index contributed by atoms with van der Waals surface area (Å²) in [6, 6.07) is 0. The van der Waals surface area contributed by atoms with Gasteiger partial charge >= 0.3 is 20.2 Å². The molecule has 0 fully saturated rings. The molecule has 0 N–H and O–H groups in total. The molecule has 0 radical (unpaired) electrons. The van der Waals surface area contributed by atoms with Crippen LogP contribution in [0.3, 0.4) is 0 Å². The zero-order valence-electron chi connectivity index (χ0n) is 9.24. The molecule has 0 aliphatic carbocycles. The predicted molar refractivity (Wildman–Crippen MR) is 64.5 cm³/mol. The van der Waals surface area contributed by atoms with Crippen molar-refractivity contribution in [1.82, 2.24) is 0 Å². The fourth-order valence-corrected chi connectivity index (χ4v) is 2.60. The lowest BCUT2D eigenvalue weighted by molar-refractivity contribution is 0.453. The van der Waals surface area contributed by atoms with E-state index in [2.05, 4.69) is 0 Å². The Balaban J connectivity index is 2.95. The minimum absolute atomic E-state index is 0.103. The van der Waals surface area contributed by atoms with Gasteiger partial charge in [-0.05, 0) is 13.8 Å². The maximum absolute atomic E-state index is 11.2. The van der Waals surface area contributed by atoms with E-state index >= 15 is 0 Å². The van der Waals surface area contributed by atoms with Crippen molar-refractivity contribution < 1.29 is 25.2 Å². The van der Waals surface area contributed by atoms with Gasteiger partial charge in [0.05, 0.1) is 11.5 Å². The van der Waals surface area contributed by atoms with Crippen LogP contribution in [0.5, 0.6) is 11.5 Å². The normalized spacial score (nSPS) is 12.4. The molecule has 0 aliphatic heterocycles. The van der Waals surface area contributed by atoms with Crippen LogP contribution in [0.1, 0.15) is 13.8 Å². The van der Waals surface area contributed by atoms with Crippen molar-refractivity contribution >= 4 is 31.6 Å². The van der Waals surface area contributed by atoms with Gasteiger partial charge in [0, 0.05) is 10.8 Å². The Morgan fingerprint density at radius 3 is 1.59 bits per heavy atom. The topological polar surface area (TPSA) is 86.7 Å². The molecule has 0 unspecified atom stereocenters. The molecule has 17 heavy (non-hydrogen) atoms. The van der Waals surface area contributed by atoms with Gasteiger partial charge in [-0.15, -0.1) is 11.3 Å². The maximum atomic E-state index is 11.2. The third-order valence-electron chi connectivity index (χ3n) is 1.73.